The molecule has 28 heavy (non-hydrogen) atoms. The van der Waals surface area contributed by atoms with Gasteiger partial charge in [-0.1, -0.05) is 0 Å². The Bertz CT molecular complexity index is 953. The molecule has 0 aliphatic carbocycles. The summed E-state index contributed by atoms with van der Waals surface area (Å²) in [5, 5.41) is 7.39. The highest BCUT2D eigenvalue weighted by Crippen LogP contribution is 2.18. The van der Waals surface area contributed by atoms with Gasteiger partial charge in [-0.05, 0) is 57.0 Å². The molecule has 0 spiro atoms. The van der Waals surface area contributed by atoms with Gasteiger partial charge in [0.15, 0.2) is 5.65 Å². The molecule has 3 aromatic rings. The van der Waals surface area contributed by atoms with E-state index >= 15 is 0 Å². The van der Waals surface area contributed by atoms with Gasteiger partial charge in [0.2, 0.25) is 5.91 Å². The van der Waals surface area contributed by atoms with Crippen molar-refractivity contribution in [3.8, 4) is 5.75 Å². The molecule has 150 valence electrons. The maximum absolute atomic E-state index is 12.3. The van der Waals surface area contributed by atoms with Crippen LogP contribution in [-0.2, 0) is 11.2 Å². The lowest BCUT2D eigenvalue weighted by molar-refractivity contribution is -0.116. The minimum Gasteiger partial charge on any atom is -0.492 e. The molecular weight excluding hydrogens is 378 g/mol. The molecule has 0 saturated carbocycles. The van der Waals surface area contributed by atoms with Crippen LogP contribution in [0.15, 0.2) is 30.3 Å². The van der Waals surface area contributed by atoms with Crippen molar-refractivity contribution in [2.75, 3.05) is 18.5 Å². The molecule has 1 aromatic carbocycles. The Morgan fingerprint density at radius 1 is 1.21 bits per heavy atom. The third-order valence-corrected chi connectivity index (χ3v) is 4.41. The number of rotatable bonds is 7. The molecule has 2 heterocycles. The molecule has 3 rings (SSSR count). The number of benzene rings is 1. The van der Waals surface area contributed by atoms with E-state index in [0.29, 0.717) is 26.0 Å². The van der Waals surface area contributed by atoms with Gasteiger partial charge in [-0.25, -0.2) is 9.50 Å². The van der Waals surface area contributed by atoms with Crippen LogP contribution in [0.25, 0.3) is 5.65 Å². The van der Waals surface area contributed by atoms with E-state index < -0.39 is 0 Å². The number of nitrogens with zero attached hydrogens (tertiary/aromatic N) is 3. The molecule has 0 atom stereocenters. The van der Waals surface area contributed by atoms with E-state index in [1.54, 1.807) is 0 Å². The number of carbonyl (C=O) groups is 1. The van der Waals surface area contributed by atoms with Gasteiger partial charge in [0.05, 0.1) is 5.69 Å². The first-order valence-electron chi connectivity index (χ1n) is 9.03. The molecule has 0 fully saturated rings. The number of carbonyl (C=O) groups excluding carboxylic acids is 1. The lowest BCUT2D eigenvalue weighted by atomic mass is 10.1. The predicted octanol–water partition coefficient (Wildman–Crippen LogP) is 2.99. The third kappa shape index (κ3) is 4.99. The highest BCUT2D eigenvalue weighted by atomic mass is 35.5. The van der Waals surface area contributed by atoms with Crippen LogP contribution >= 0.6 is 12.4 Å². The van der Waals surface area contributed by atoms with Gasteiger partial charge in [-0.15, -0.1) is 12.4 Å². The van der Waals surface area contributed by atoms with Crippen LogP contribution in [0.4, 0.5) is 5.69 Å². The van der Waals surface area contributed by atoms with Crippen molar-refractivity contribution in [3.63, 3.8) is 0 Å². The number of halogens is 1. The molecule has 0 saturated heterocycles. The predicted molar refractivity (Wildman–Crippen MR) is 112 cm³/mol. The van der Waals surface area contributed by atoms with Crippen LogP contribution < -0.4 is 15.8 Å². The number of fused-ring (bicyclic) bond motifs is 1. The Morgan fingerprint density at radius 3 is 2.61 bits per heavy atom. The van der Waals surface area contributed by atoms with Crippen molar-refractivity contribution in [2.45, 2.75) is 33.6 Å². The average molecular weight is 404 g/mol. The molecule has 0 unspecified atom stereocenters. The van der Waals surface area contributed by atoms with Crippen LogP contribution in [0.1, 0.15) is 29.1 Å². The normalized spacial score (nSPS) is 10.6. The number of aryl methyl sites for hydroxylation is 3. The van der Waals surface area contributed by atoms with Gasteiger partial charge in [0.25, 0.3) is 0 Å². The van der Waals surface area contributed by atoms with Crippen LogP contribution in [-0.4, -0.2) is 33.7 Å². The number of hydrogen-bond donors (Lipinski definition) is 2. The second-order valence-electron chi connectivity index (χ2n) is 6.53. The maximum Gasteiger partial charge on any atom is 0.224 e. The van der Waals surface area contributed by atoms with Crippen LogP contribution in [0, 0.1) is 20.8 Å². The Morgan fingerprint density at radius 2 is 1.93 bits per heavy atom. The van der Waals surface area contributed by atoms with E-state index in [-0.39, 0.29) is 18.3 Å². The summed E-state index contributed by atoms with van der Waals surface area (Å²) in [5.74, 6) is 0.694. The summed E-state index contributed by atoms with van der Waals surface area (Å²) in [6.07, 6.45) is 0.990. The fourth-order valence-corrected chi connectivity index (χ4v) is 3.08. The van der Waals surface area contributed by atoms with Crippen molar-refractivity contribution in [1.29, 1.82) is 0 Å². The van der Waals surface area contributed by atoms with Gasteiger partial charge >= 0.3 is 0 Å². The van der Waals surface area contributed by atoms with Crippen molar-refractivity contribution in [3.05, 3.63) is 53.0 Å². The Hall–Kier alpha value is -2.64. The number of nitrogens with one attached hydrogen (secondary N) is 1. The zero-order valence-electron chi connectivity index (χ0n) is 16.4. The first-order valence-corrected chi connectivity index (χ1v) is 9.03. The van der Waals surface area contributed by atoms with E-state index in [4.69, 9.17) is 10.5 Å². The molecule has 1 amide bonds. The fraction of sp³-hybridized carbons (Fsp3) is 0.350. The standard InChI is InChI=1S/C20H25N5O2.ClH/c1-13-12-19-22-14(2)18(15(3)25(19)24-13)8-9-20(26)23-16-4-6-17(7-5-16)27-11-10-21;/h4-7,12H,8-11,21H2,1-3H3,(H,23,26);1H. The molecule has 0 aliphatic rings. The summed E-state index contributed by atoms with van der Waals surface area (Å²) in [6, 6.07) is 9.23. The topological polar surface area (TPSA) is 94.5 Å². The Balaban J connectivity index is 0.00000280. The lowest BCUT2D eigenvalue weighted by Crippen LogP contribution is -2.14. The van der Waals surface area contributed by atoms with E-state index in [1.165, 1.54) is 0 Å². The summed E-state index contributed by atoms with van der Waals surface area (Å²) in [5.41, 5.74) is 11.0. The molecule has 0 bridgehead atoms. The minimum atomic E-state index is -0.0406. The van der Waals surface area contributed by atoms with Gasteiger partial charge in [0.1, 0.15) is 12.4 Å². The first-order chi connectivity index (χ1) is 13.0. The number of nitrogens with two attached hydrogens (primary N) is 1. The zero-order chi connectivity index (χ0) is 19.4. The van der Waals surface area contributed by atoms with Crippen LogP contribution in [0.3, 0.4) is 0 Å². The number of amides is 1. The highest BCUT2D eigenvalue weighted by molar-refractivity contribution is 5.90. The van der Waals surface area contributed by atoms with E-state index in [2.05, 4.69) is 15.4 Å². The van der Waals surface area contributed by atoms with E-state index in [1.807, 2.05) is 55.6 Å². The molecule has 0 aliphatic heterocycles. The van der Waals surface area contributed by atoms with Crippen molar-refractivity contribution in [2.24, 2.45) is 5.73 Å². The molecule has 2 aromatic heterocycles. The molecule has 0 radical (unpaired) electrons. The lowest BCUT2D eigenvalue weighted by Gasteiger charge is -2.11. The van der Waals surface area contributed by atoms with Crippen molar-refractivity contribution >= 4 is 29.6 Å². The Kier molecular flexibility index (Phi) is 7.37. The summed E-state index contributed by atoms with van der Waals surface area (Å²) < 4.78 is 7.27. The number of anilines is 1. The zero-order valence-corrected chi connectivity index (χ0v) is 17.2. The smallest absolute Gasteiger partial charge is 0.224 e. The summed E-state index contributed by atoms with van der Waals surface area (Å²) in [7, 11) is 0. The molecule has 8 heteroatoms. The monoisotopic (exact) mass is 403 g/mol. The largest absolute Gasteiger partial charge is 0.492 e. The molecular formula is C20H26ClN5O2. The average Bonchev–Trinajstić information content (AvgIpc) is 3.01. The van der Waals surface area contributed by atoms with Gasteiger partial charge in [-0.2, -0.15) is 5.10 Å². The second-order valence-corrected chi connectivity index (χ2v) is 6.53. The van der Waals surface area contributed by atoms with Gasteiger partial charge < -0.3 is 15.8 Å². The highest BCUT2D eigenvalue weighted by Gasteiger charge is 2.13. The summed E-state index contributed by atoms with van der Waals surface area (Å²) >= 11 is 0. The summed E-state index contributed by atoms with van der Waals surface area (Å²) in [4.78, 5) is 16.9. The van der Waals surface area contributed by atoms with Gasteiger partial charge in [-0.3, -0.25) is 4.79 Å². The quantitative estimate of drug-likeness (QED) is 0.632. The van der Waals surface area contributed by atoms with Crippen molar-refractivity contribution in [1.82, 2.24) is 14.6 Å². The van der Waals surface area contributed by atoms with Crippen LogP contribution in [0.5, 0.6) is 5.75 Å². The fourth-order valence-electron chi connectivity index (χ4n) is 3.08. The minimum absolute atomic E-state index is 0. The van der Waals surface area contributed by atoms with E-state index in [0.717, 1.165) is 39.7 Å². The first kappa shape index (κ1) is 21.7. The van der Waals surface area contributed by atoms with Gasteiger partial charge in [0, 0.05) is 36.1 Å². The second kappa shape index (κ2) is 9.52. The number of hydrogen-bond acceptors (Lipinski definition) is 5. The maximum atomic E-state index is 12.3. The SMILES string of the molecule is Cc1cc2nc(C)c(CCC(=O)Nc3ccc(OCCN)cc3)c(C)n2n1.Cl. The third-order valence-electron chi connectivity index (χ3n) is 4.41. The molecule has 3 N–H and O–H groups in total. The van der Waals surface area contributed by atoms with Crippen molar-refractivity contribution < 1.29 is 9.53 Å². The number of aromatic nitrogens is 3. The van der Waals surface area contributed by atoms with Crippen LogP contribution in [0.2, 0.25) is 0 Å². The van der Waals surface area contributed by atoms with E-state index in [9.17, 15) is 4.79 Å². The Labute approximate surface area is 170 Å². The molecule has 7 nitrogen and oxygen atoms in total. The summed E-state index contributed by atoms with van der Waals surface area (Å²) in [6.45, 7) is 6.88. The number of ether oxygens (including phenoxy) is 1.